The lowest BCUT2D eigenvalue weighted by atomic mass is 10.0. The first-order chi connectivity index (χ1) is 11.5. The van der Waals surface area contributed by atoms with Gasteiger partial charge in [0.1, 0.15) is 0 Å². The third-order valence-electron chi connectivity index (χ3n) is 4.26. The van der Waals surface area contributed by atoms with Crippen LogP contribution in [0.5, 0.6) is 0 Å². The molecule has 128 valence electrons. The average molecular weight is 347 g/mol. The molecule has 0 fully saturated rings. The van der Waals surface area contributed by atoms with Crippen molar-refractivity contribution in [2.75, 3.05) is 12.3 Å². The van der Waals surface area contributed by atoms with Crippen molar-refractivity contribution in [3.63, 3.8) is 0 Å². The molecule has 0 bridgehead atoms. The molecule has 3 rings (SSSR count). The molecule has 0 amide bonds. The summed E-state index contributed by atoms with van der Waals surface area (Å²) in [4.78, 5) is 11.1. The molecule has 1 aliphatic rings. The fourth-order valence-electron chi connectivity index (χ4n) is 3.10. The number of nitrogens with one attached hydrogen (secondary N) is 2. The largest absolute Gasteiger partial charge is 0.268 e. The normalized spacial score (nSPS) is 17.0. The van der Waals surface area contributed by atoms with Crippen LogP contribution >= 0.6 is 0 Å². The van der Waals surface area contributed by atoms with Gasteiger partial charge >= 0.3 is 0 Å². The summed E-state index contributed by atoms with van der Waals surface area (Å²) in [6.07, 6.45) is 2.35. The van der Waals surface area contributed by atoms with E-state index in [0.717, 1.165) is 24.1 Å². The molecule has 1 atom stereocenters. The highest BCUT2D eigenvalue weighted by molar-refractivity contribution is 7.89. The van der Waals surface area contributed by atoms with Crippen LogP contribution in [-0.2, 0) is 22.9 Å². The lowest BCUT2D eigenvalue weighted by Gasteiger charge is -2.10. The number of benzene rings is 1. The van der Waals surface area contributed by atoms with Crippen molar-refractivity contribution in [1.82, 2.24) is 14.9 Å². The van der Waals surface area contributed by atoms with Gasteiger partial charge in [-0.2, -0.15) is 5.10 Å². The van der Waals surface area contributed by atoms with Gasteiger partial charge in [-0.05, 0) is 48.4 Å². The Morgan fingerprint density at radius 1 is 1.21 bits per heavy atom. The van der Waals surface area contributed by atoms with Gasteiger partial charge in [-0.1, -0.05) is 19.1 Å². The summed E-state index contributed by atoms with van der Waals surface area (Å²) in [6, 6.07) is 9.30. The van der Waals surface area contributed by atoms with Crippen LogP contribution in [0.2, 0.25) is 0 Å². The minimum atomic E-state index is -3.16. The Balaban J connectivity index is 1.69. The second-order valence-corrected chi connectivity index (χ2v) is 8.16. The van der Waals surface area contributed by atoms with Crippen molar-refractivity contribution in [3.8, 4) is 11.3 Å². The first-order valence-electron chi connectivity index (χ1n) is 8.12. The van der Waals surface area contributed by atoms with E-state index in [1.807, 2.05) is 13.0 Å². The van der Waals surface area contributed by atoms with E-state index >= 15 is 0 Å². The summed E-state index contributed by atoms with van der Waals surface area (Å²) in [5, 5.41) is 6.49. The van der Waals surface area contributed by atoms with E-state index in [-0.39, 0.29) is 17.2 Å². The van der Waals surface area contributed by atoms with Gasteiger partial charge in [0.25, 0.3) is 5.56 Å². The number of aromatic nitrogens is 2. The maximum absolute atomic E-state index is 11.8. The second-order valence-electron chi connectivity index (χ2n) is 6.23. The van der Waals surface area contributed by atoms with Crippen LogP contribution in [0.25, 0.3) is 11.3 Å². The number of rotatable bonds is 6. The minimum Gasteiger partial charge on any atom is -0.268 e. The Kier molecular flexibility index (Phi) is 4.82. The van der Waals surface area contributed by atoms with Gasteiger partial charge in [-0.25, -0.2) is 18.2 Å². The zero-order valence-electron chi connectivity index (χ0n) is 13.6. The van der Waals surface area contributed by atoms with Crippen molar-refractivity contribution < 1.29 is 8.42 Å². The Morgan fingerprint density at radius 3 is 2.71 bits per heavy atom. The summed E-state index contributed by atoms with van der Waals surface area (Å²) in [5.41, 5.74) is 3.93. The lowest BCUT2D eigenvalue weighted by molar-refractivity contribution is 0.526. The number of sulfonamides is 1. The van der Waals surface area contributed by atoms with Crippen LogP contribution in [0.1, 0.15) is 24.5 Å². The molecule has 0 spiro atoms. The van der Waals surface area contributed by atoms with Gasteiger partial charge in [0.2, 0.25) is 10.0 Å². The Bertz CT molecular complexity index is 870. The molecule has 0 saturated carbocycles. The number of hydrogen-bond acceptors (Lipinski definition) is 4. The summed E-state index contributed by atoms with van der Waals surface area (Å²) in [6.45, 7) is 2.33. The Morgan fingerprint density at radius 2 is 2.00 bits per heavy atom. The number of H-pyrrole nitrogens is 1. The molecule has 1 aromatic heterocycles. The van der Waals surface area contributed by atoms with Crippen molar-refractivity contribution in [3.05, 3.63) is 51.8 Å². The predicted molar refractivity (Wildman–Crippen MR) is 93.3 cm³/mol. The molecule has 2 N–H and O–H groups in total. The highest BCUT2D eigenvalue weighted by atomic mass is 32.2. The molecule has 6 nitrogen and oxygen atoms in total. The quantitative estimate of drug-likeness (QED) is 0.828. The summed E-state index contributed by atoms with van der Waals surface area (Å²) in [5.74, 6) is 0.458. The first kappa shape index (κ1) is 16.9. The average Bonchev–Trinajstić information content (AvgIpc) is 2.96. The SMILES string of the molecule is CCCS(=O)(=O)NCC1Cc2ccc(-c3ccc(=O)[nH]n3)cc2C1. The van der Waals surface area contributed by atoms with Crippen molar-refractivity contribution in [2.24, 2.45) is 5.92 Å². The monoisotopic (exact) mass is 347 g/mol. The van der Waals surface area contributed by atoms with Gasteiger partial charge < -0.3 is 0 Å². The fourth-order valence-corrected chi connectivity index (χ4v) is 4.28. The predicted octanol–water partition coefficient (Wildman–Crippen LogP) is 1.48. The van der Waals surface area contributed by atoms with E-state index in [1.165, 1.54) is 17.2 Å². The van der Waals surface area contributed by atoms with E-state index in [9.17, 15) is 13.2 Å². The molecule has 1 aliphatic carbocycles. The summed E-state index contributed by atoms with van der Waals surface area (Å²) >= 11 is 0. The van der Waals surface area contributed by atoms with Gasteiger partial charge in [0.05, 0.1) is 11.4 Å². The molecular weight excluding hydrogens is 326 g/mol. The van der Waals surface area contributed by atoms with Gasteiger partial charge in [0.15, 0.2) is 0 Å². The van der Waals surface area contributed by atoms with Crippen molar-refractivity contribution >= 4 is 10.0 Å². The van der Waals surface area contributed by atoms with Gasteiger partial charge in [0, 0.05) is 18.2 Å². The molecule has 1 heterocycles. The highest BCUT2D eigenvalue weighted by Crippen LogP contribution is 2.30. The van der Waals surface area contributed by atoms with Gasteiger partial charge in [-0.15, -0.1) is 0 Å². The standard InChI is InChI=1S/C17H21N3O3S/c1-2-7-24(22,23)18-11-12-8-13-3-4-14(10-15(13)9-12)16-5-6-17(21)20-19-16/h3-6,10,12,18H,2,7-9,11H2,1H3,(H,20,21). The zero-order valence-corrected chi connectivity index (χ0v) is 14.4. The third kappa shape index (κ3) is 3.91. The van der Waals surface area contributed by atoms with Crippen LogP contribution in [0.4, 0.5) is 0 Å². The number of nitrogens with zero attached hydrogens (tertiary/aromatic N) is 1. The Labute approximate surface area is 141 Å². The molecule has 2 aromatic rings. The molecule has 1 aromatic carbocycles. The molecule has 1 unspecified atom stereocenters. The van der Waals surface area contributed by atoms with E-state index in [4.69, 9.17) is 0 Å². The Hall–Kier alpha value is -1.99. The van der Waals surface area contributed by atoms with Crippen molar-refractivity contribution in [2.45, 2.75) is 26.2 Å². The second kappa shape index (κ2) is 6.86. The lowest BCUT2D eigenvalue weighted by Crippen LogP contribution is -2.31. The zero-order chi connectivity index (χ0) is 17.2. The van der Waals surface area contributed by atoms with E-state index < -0.39 is 10.0 Å². The first-order valence-corrected chi connectivity index (χ1v) is 9.77. The smallest absolute Gasteiger partial charge is 0.264 e. The summed E-state index contributed by atoms with van der Waals surface area (Å²) < 4.78 is 26.3. The van der Waals surface area contributed by atoms with Crippen LogP contribution in [0.15, 0.2) is 35.1 Å². The minimum absolute atomic E-state index is 0.175. The van der Waals surface area contributed by atoms with E-state index in [2.05, 4.69) is 27.1 Å². The molecule has 0 aliphatic heterocycles. The molecule has 7 heteroatoms. The highest BCUT2D eigenvalue weighted by Gasteiger charge is 2.23. The maximum atomic E-state index is 11.8. The maximum Gasteiger partial charge on any atom is 0.264 e. The topological polar surface area (TPSA) is 91.9 Å². The van der Waals surface area contributed by atoms with E-state index in [1.54, 1.807) is 6.07 Å². The molecular formula is C17H21N3O3S. The van der Waals surface area contributed by atoms with Crippen LogP contribution in [0, 0.1) is 5.92 Å². The molecule has 24 heavy (non-hydrogen) atoms. The third-order valence-corrected chi connectivity index (χ3v) is 5.82. The van der Waals surface area contributed by atoms with Crippen LogP contribution in [-0.4, -0.2) is 30.9 Å². The van der Waals surface area contributed by atoms with Crippen LogP contribution in [0.3, 0.4) is 0 Å². The van der Waals surface area contributed by atoms with Crippen LogP contribution < -0.4 is 10.3 Å². The number of hydrogen-bond donors (Lipinski definition) is 2. The summed E-state index contributed by atoms with van der Waals surface area (Å²) in [7, 11) is -3.16. The van der Waals surface area contributed by atoms with Crippen molar-refractivity contribution in [1.29, 1.82) is 0 Å². The fraction of sp³-hybridized carbons (Fsp3) is 0.412. The number of fused-ring (bicyclic) bond motifs is 1. The van der Waals surface area contributed by atoms with Gasteiger partial charge in [-0.3, -0.25) is 4.79 Å². The van der Waals surface area contributed by atoms with E-state index in [0.29, 0.717) is 13.0 Å². The number of aromatic amines is 1. The molecule has 0 saturated heterocycles. The molecule has 0 radical (unpaired) electrons.